The molecule has 0 bridgehead atoms. The molecule has 0 saturated heterocycles. The SMILES string of the molecule is CCOC(=O)c1nn(-c2ccccc2)c(=O)c2c(NC(=O)c3ccco3)scc12. The fourth-order valence-corrected chi connectivity index (χ4v) is 3.74. The standard InChI is InChI=1S/C20H15N3O5S/c1-2-27-20(26)16-13-11-29-18(21-17(24)14-9-6-10-28-14)15(13)19(25)23(22-16)12-7-4-3-5-8-12/h3-11H,2H2,1H3,(H,21,24). The molecule has 0 radical (unpaired) electrons. The summed E-state index contributed by atoms with van der Waals surface area (Å²) in [6.45, 7) is 1.85. The Kier molecular flexibility index (Phi) is 4.96. The second-order valence-electron chi connectivity index (χ2n) is 5.91. The second-order valence-corrected chi connectivity index (χ2v) is 6.79. The largest absolute Gasteiger partial charge is 0.461 e. The first-order valence-electron chi connectivity index (χ1n) is 8.72. The molecule has 1 aromatic carbocycles. The van der Waals surface area contributed by atoms with E-state index < -0.39 is 17.4 Å². The fraction of sp³-hybridized carbons (Fsp3) is 0.100. The van der Waals surface area contributed by atoms with Crippen LogP contribution in [-0.4, -0.2) is 28.3 Å². The second kappa shape index (κ2) is 7.72. The number of ether oxygens (including phenoxy) is 1. The maximum Gasteiger partial charge on any atom is 0.359 e. The summed E-state index contributed by atoms with van der Waals surface area (Å²) in [6, 6.07) is 11.8. The highest BCUT2D eigenvalue weighted by molar-refractivity contribution is 7.16. The van der Waals surface area contributed by atoms with Gasteiger partial charge in [0.05, 0.1) is 23.9 Å². The first-order valence-corrected chi connectivity index (χ1v) is 9.60. The van der Waals surface area contributed by atoms with Crippen molar-refractivity contribution in [3.05, 3.63) is 75.9 Å². The molecule has 8 nitrogen and oxygen atoms in total. The van der Waals surface area contributed by atoms with Crippen molar-refractivity contribution < 1.29 is 18.7 Å². The van der Waals surface area contributed by atoms with E-state index in [4.69, 9.17) is 9.15 Å². The molecule has 1 amide bonds. The average molecular weight is 409 g/mol. The van der Waals surface area contributed by atoms with Crippen LogP contribution < -0.4 is 10.9 Å². The lowest BCUT2D eigenvalue weighted by atomic mass is 10.2. The van der Waals surface area contributed by atoms with Gasteiger partial charge in [0, 0.05) is 10.8 Å². The van der Waals surface area contributed by atoms with Gasteiger partial charge in [-0.2, -0.15) is 9.78 Å². The number of carbonyl (C=O) groups is 2. The Balaban J connectivity index is 1.91. The van der Waals surface area contributed by atoms with Crippen molar-refractivity contribution in [2.75, 3.05) is 11.9 Å². The van der Waals surface area contributed by atoms with Crippen molar-refractivity contribution in [1.82, 2.24) is 9.78 Å². The third-order valence-electron chi connectivity index (χ3n) is 4.09. The lowest BCUT2D eigenvalue weighted by molar-refractivity contribution is 0.0520. The van der Waals surface area contributed by atoms with E-state index in [0.29, 0.717) is 16.1 Å². The zero-order chi connectivity index (χ0) is 20.4. The molecular weight excluding hydrogens is 394 g/mol. The Hall–Kier alpha value is -3.72. The first-order chi connectivity index (χ1) is 14.1. The van der Waals surface area contributed by atoms with Gasteiger partial charge in [0.15, 0.2) is 11.5 Å². The van der Waals surface area contributed by atoms with Gasteiger partial charge in [-0.15, -0.1) is 11.3 Å². The normalized spacial score (nSPS) is 10.8. The molecule has 146 valence electrons. The Morgan fingerprint density at radius 3 is 2.69 bits per heavy atom. The number of aromatic nitrogens is 2. The van der Waals surface area contributed by atoms with Crippen molar-refractivity contribution in [1.29, 1.82) is 0 Å². The summed E-state index contributed by atoms with van der Waals surface area (Å²) in [6.07, 6.45) is 1.38. The van der Waals surface area contributed by atoms with Crippen LogP contribution in [-0.2, 0) is 4.74 Å². The van der Waals surface area contributed by atoms with Crippen molar-refractivity contribution in [2.45, 2.75) is 6.92 Å². The van der Waals surface area contributed by atoms with Crippen LogP contribution in [0.25, 0.3) is 16.5 Å². The number of hydrogen-bond donors (Lipinski definition) is 1. The molecule has 0 unspecified atom stereocenters. The van der Waals surface area contributed by atoms with Crippen LogP contribution in [0.15, 0.2) is 63.3 Å². The van der Waals surface area contributed by atoms with Crippen molar-refractivity contribution in [2.24, 2.45) is 0 Å². The number of nitrogens with one attached hydrogen (secondary N) is 1. The van der Waals surface area contributed by atoms with E-state index >= 15 is 0 Å². The number of amides is 1. The number of anilines is 1. The van der Waals surface area contributed by atoms with E-state index in [2.05, 4.69) is 10.4 Å². The molecule has 0 fully saturated rings. The molecule has 0 atom stereocenters. The van der Waals surface area contributed by atoms with E-state index in [-0.39, 0.29) is 23.4 Å². The minimum absolute atomic E-state index is 0.0000469. The molecular formula is C20H15N3O5S. The third-order valence-corrected chi connectivity index (χ3v) is 4.99. The van der Waals surface area contributed by atoms with Crippen LogP contribution in [0.2, 0.25) is 0 Å². The predicted octanol–water partition coefficient (Wildman–Crippen LogP) is 3.47. The van der Waals surface area contributed by atoms with Gasteiger partial charge in [-0.05, 0) is 31.2 Å². The lowest BCUT2D eigenvalue weighted by Gasteiger charge is -2.09. The Labute approximate surface area is 168 Å². The average Bonchev–Trinajstić information content (AvgIpc) is 3.40. The smallest absolute Gasteiger partial charge is 0.359 e. The van der Waals surface area contributed by atoms with Crippen LogP contribution in [0.3, 0.4) is 0 Å². The minimum atomic E-state index is -0.649. The highest BCUT2D eigenvalue weighted by atomic mass is 32.1. The summed E-state index contributed by atoms with van der Waals surface area (Å²) in [5, 5.41) is 9.31. The van der Waals surface area contributed by atoms with Gasteiger partial charge in [-0.1, -0.05) is 18.2 Å². The molecule has 3 aromatic heterocycles. The number of benzene rings is 1. The molecule has 0 aliphatic carbocycles. The van der Waals surface area contributed by atoms with E-state index in [1.165, 1.54) is 12.3 Å². The van der Waals surface area contributed by atoms with Gasteiger partial charge in [0.25, 0.3) is 11.5 Å². The zero-order valence-corrected chi connectivity index (χ0v) is 16.1. The fourth-order valence-electron chi connectivity index (χ4n) is 2.81. The molecule has 0 spiro atoms. The lowest BCUT2D eigenvalue weighted by Crippen LogP contribution is -2.25. The van der Waals surface area contributed by atoms with Gasteiger partial charge in [0.2, 0.25) is 0 Å². The highest BCUT2D eigenvalue weighted by Crippen LogP contribution is 2.31. The van der Waals surface area contributed by atoms with Gasteiger partial charge < -0.3 is 14.5 Å². The van der Waals surface area contributed by atoms with Crippen LogP contribution in [0, 0.1) is 0 Å². The van der Waals surface area contributed by atoms with Gasteiger partial charge >= 0.3 is 5.97 Å². The third kappa shape index (κ3) is 3.43. The summed E-state index contributed by atoms with van der Waals surface area (Å²) in [5.74, 6) is -1.04. The maximum absolute atomic E-state index is 13.2. The summed E-state index contributed by atoms with van der Waals surface area (Å²) >= 11 is 1.12. The molecule has 0 aliphatic heterocycles. The monoisotopic (exact) mass is 409 g/mol. The number of thiophene rings is 1. The van der Waals surface area contributed by atoms with E-state index in [1.54, 1.807) is 48.7 Å². The quantitative estimate of drug-likeness (QED) is 0.506. The van der Waals surface area contributed by atoms with E-state index in [0.717, 1.165) is 16.0 Å². The number of rotatable bonds is 5. The minimum Gasteiger partial charge on any atom is -0.461 e. The topological polar surface area (TPSA) is 103 Å². The van der Waals surface area contributed by atoms with Crippen molar-refractivity contribution in [3.8, 4) is 5.69 Å². The number of fused-ring (bicyclic) bond motifs is 1. The van der Waals surface area contributed by atoms with Crippen molar-refractivity contribution >= 4 is 39.0 Å². The number of nitrogens with zero attached hydrogens (tertiary/aromatic N) is 2. The first kappa shape index (κ1) is 18.6. The van der Waals surface area contributed by atoms with Crippen LogP contribution in [0.1, 0.15) is 28.0 Å². The Morgan fingerprint density at radius 1 is 1.21 bits per heavy atom. The summed E-state index contributed by atoms with van der Waals surface area (Å²) in [7, 11) is 0. The zero-order valence-electron chi connectivity index (χ0n) is 15.2. The molecule has 9 heteroatoms. The molecule has 29 heavy (non-hydrogen) atoms. The Morgan fingerprint density at radius 2 is 2.00 bits per heavy atom. The van der Waals surface area contributed by atoms with Gasteiger partial charge in [-0.25, -0.2) is 4.79 Å². The molecule has 3 heterocycles. The Bertz CT molecular complexity index is 1240. The number of furan rings is 1. The van der Waals surface area contributed by atoms with Crippen LogP contribution >= 0.6 is 11.3 Å². The number of carbonyl (C=O) groups excluding carboxylic acids is 2. The summed E-state index contributed by atoms with van der Waals surface area (Å²) < 4.78 is 11.3. The van der Waals surface area contributed by atoms with Crippen molar-refractivity contribution in [3.63, 3.8) is 0 Å². The van der Waals surface area contributed by atoms with E-state index in [9.17, 15) is 14.4 Å². The van der Waals surface area contributed by atoms with Gasteiger partial charge in [0.1, 0.15) is 5.00 Å². The van der Waals surface area contributed by atoms with Crippen LogP contribution in [0.4, 0.5) is 5.00 Å². The number of esters is 1. The molecule has 0 saturated carbocycles. The molecule has 1 N–H and O–H groups in total. The van der Waals surface area contributed by atoms with E-state index in [1.807, 2.05) is 0 Å². The molecule has 4 aromatic rings. The molecule has 0 aliphatic rings. The highest BCUT2D eigenvalue weighted by Gasteiger charge is 2.23. The maximum atomic E-state index is 13.2. The number of para-hydroxylation sites is 1. The predicted molar refractivity (Wildman–Crippen MR) is 108 cm³/mol. The summed E-state index contributed by atoms with van der Waals surface area (Å²) in [5.41, 5.74) is 0.0229. The van der Waals surface area contributed by atoms with Gasteiger partial charge in [-0.3, -0.25) is 9.59 Å². The van der Waals surface area contributed by atoms with Crippen LogP contribution in [0.5, 0.6) is 0 Å². The number of hydrogen-bond acceptors (Lipinski definition) is 7. The summed E-state index contributed by atoms with van der Waals surface area (Å²) in [4.78, 5) is 38.1. The molecule has 4 rings (SSSR count).